The molecule has 1 rings (SSSR count). The molecule has 0 spiro atoms. The fraction of sp³-hybridized carbons (Fsp3) is 0.278. The van der Waals surface area contributed by atoms with E-state index in [0.717, 1.165) is 22.7 Å². The topological polar surface area (TPSA) is 71.1 Å². The number of nitrogens with one attached hydrogen (secondary N) is 1. The van der Waals surface area contributed by atoms with Crippen LogP contribution in [0.25, 0.3) is 0 Å². The van der Waals surface area contributed by atoms with Gasteiger partial charge in [0.05, 0.1) is 11.7 Å². The fourth-order valence-electron chi connectivity index (χ4n) is 1.74. The summed E-state index contributed by atoms with van der Waals surface area (Å²) in [6.07, 6.45) is 1.83. The molecule has 0 aliphatic carbocycles. The molecule has 22 heavy (non-hydrogen) atoms. The number of allylic oxidation sites excluding steroid dienone is 4. The van der Waals surface area contributed by atoms with Crippen LogP contribution >= 0.6 is 0 Å². The highest BCUT2D eigenvalue weighted by Crippen LogP contribution is 2.21. The number of hydrogen-bond acceptors (Lipinski definition) is 4. The number of benzene rings is 1. The second-order valence-electron chi connectivity index (χ2n) is 5.32. The number of anilines is 1. The van der Waals surface area contributed by atoms with E-state index >= 15 is 0 Å². The number of hydrogen-bond donors (Lipinski definition) is 2. The molecule has 0 saturated heterocycles. The number of nitrogens with two attached hydrogens (primary N) is 1. The van der Waals surface area contributed by atoms with Crippen LogP contribution < -0.4 is 15.8 Å². The standard InChI is InChI=1S/C18H23N3O/c1-12(2)22-18-8-6-7-17(10-18)21-15(5)16(11-19)9-13(3)14(4)20/h6-10,12,21H,4,20H2,1-3,5H3/b13-9-,16-15-. The summed E-state index contributed by atoms with van der Waals surface area (Å²) in [7, 11) is 0. The molecule has 1 aromatic carbocycles. The summed E-state index contributed by atoms with van der Waals surface area (Å²) in [6, 6.07) is 9.79. The maximum absolute atomic E-state index is 9.29. The zero-order valence-electron chi connectivity index (χ0n) is 13.6. The van der Waals surface area contributed by atoms with Gasteiger partial charge in [0.1, 0.15) is 11.8 Å². The van der Waals surface area contributed by atoms with Gasteiger partial charge in [-0.2, -0.15) is 5.26 Å². The van der Waals surface area contributed by atoms with Crippen molar-refractivity contribution >= 4 is 5.69 Å². The molecular weight excluding hydrogens is 274 g/mol. The summed E-state index contributed by atoms with van der Waals surface area (Å²) in [6.45, 7) is 11.3. The molecule has 0 atom stereocenters. The Morgan fingerprint density at radius 2 is 2.09 bits per heavy atom. The molecule has 0 aromatic heterocycles. The van der Waals surface area contributed by atoms with Crippen LogP contribution in [0.5, 0.6) is 5.75 Å². The van der Waals surface area contributed by atoms with E-state index in [-0.39, 0.29) is 6.10 Å². The van der Waals surface area contributed by atoms with Crippen molar-refractivity contribution in [2.45, 2.75) is 33.8 Å². The minimum atomic E-state index is 0.114. The van der Waals surface area contributed by atoms with Gasteiger partial charge in [-0.15, -0.1) is 0 Å². The molecule has 4 nitrogen and oxygen atoms in total. The van der Waals surface area contributed by atoms with Crippen LogP contribution in [0.2, 0.25) is 0 Å². The predicted octanol–water partition coefficient (Wildman–Crippen LogP) is 4.10. The average molecular weight is 297 g/mol. The second-order valence-corrected chi connectivity index (χ2v) is 5.32. The maximum atomic E-state index is 9.29. The van der Waals surface area contributed by atoms with Crippen molar-refractivity contribution in [3.63, 3.8) is 0 Å². The Labute approximate surface area is 132 Å². The van der Waals surface area contributed by atoms with E-state index in [1.54, 1.807) is 6.08 Å². The number of rotatable bonds is 6. The van der Waals surface area contributed by atoms with Crippen molar-refractivity contribution in [3.8, 4) is 11.8 Å². The van der Waals surface area contributed by atoms with Crippen molar-refractivity contribution in [1.82, 2.24) is 0 Å². The van der Waals surface area contributed by atoms with Gasteiger partial charge in [-0.3, -0.25) is 0 Å². The summed E-state index contributed by atoms with van der Waals surface area (Å²) in [5, 5.41) is 12.5. The van der Waals surface area contributed by atoms with E-state index in [9.17, 15) is 5.26 Å². The van der Waals surface area contributed by atoms with Crippen molar-refractivity contribution in [2.24, 2.45) is 5.73 Å². The lowest BCUT2D eigenvalue weighted by molar-refractivity contribution is 0.242. The Kier molecular flexibility index (Phi) is 6.27. The third-order valence-corrected chi connectivity index (χ3v) is 2.93. The lowest BCUT2D eigenvalue weighted by atomic mass is 10.1. The van der Waals surface area contributed by atoms with Gasteiger partial charge in [0.2, 0.25) is 0 Å². The molecule has 0 radical (unpaired) electrons. The molecule has 116 valence electrons. The molecule has 0 heterocycles. The summed E-state index contributed by atoms with van der Waals surface area (Å²) >= 11 is 0. The van der Waals surface area contributed by atoms with Gasteiger partial charge in [-0.25, -0.2) is 0 Å². The van der Waals surface area contributed by atoms with Gasteiger partial charge in [0, 0.05) is 23.1 Å². The molecule has 4 heteroatoms. The Morgan fingerprint density at radius 1 is 1.41 bits per heavy atom. The van der Waals surface area contributed by atoms with E-state index in [2.05, 4.69) is 18.0 Å². The highest BCUT2D eigenvalue weighted by Gasteiger charge is 2.04. The predicted molar refractivity (Wildman–Crippen MR) is 91.2 cm³/mol. The molecule has 0 aliphatic heterocycles. The van der Waals surface area contributed by atoms with Crippen molar-refractivity contribution < 1.29 is 4.74 Å². The van der Waals surface area contributed by atoms with Crippen LogP contribution in [0, 0.1) is 11.3 Å². The first-order valence-corrected chi connectivity index (χ1v) is 7.11. The van der Waals surface area contributed by atoms with Crippen LogP contribution in [0.3, 0.4) is 0 Å². The molecule has 0 saturated carbocycles. The van der Waals surface area contributed by atoms with Crippen LogP contribution in [-0.2, 0) is 0 Å². The zero-order valence-corrected chi connectivity index (χ0v) is 13.6. The Bertz CT molecular complexity index is 649. The van der Waals surface area contributed by atoms with Crippen LogP contribution in [0.4, 0.5) is 5.69 Å². The van der Waals surface area contributed by atoms with E-state index < -0.39 is 0 Å². The van der Waals surface area contributed by atoms with Crippen molar-refractivity contribution in [1.29, 1.82) is 5.26 Å². The first-order chi connectivity index (χ1) is 10.3. The van der Waals surface area contributed by atoms with Gasteiger partial charge in [0.15, 0.2) is 0 Å². The van der Waals surface area contributed by atoms with E-state index in [1.165, 1.54) is 0 Å². The van der Waals surface area contributed by atoms with Gasteiger partial charge < -0.3 is 15.8 Å². The largest absolute Gasteiger partial charge is 0.491 e. The van der Waals surface area contributed by atoms with Gasteiger partial charge in [-0.1, -0.05) is 12.6 Å². The summed E-state index contributed by atoms with van der Waals surface area (Å²) in [4.78, 5) is 0. The van der Waals surface area contributed by atoms with Crippen LogP contribution in [-0.4, -0.2) is 6.10 Å². The molecule has 0 bridgehead atoms. The number of nitrogens with zero attached hydrogens (tertiary/aromatic N) is 1. The van der Waals surface area contributed by atoms with Gasteiger partial charge >= 0.3 is 0 Å². The Morgan fingerprint density at radius 3 is 2.64 bits per heavy atom. The van der Waals surface area contributed by atoms with Crippen LogP contribution in [0.15, 0.2) is 59.5 Å². The monoisotopic (exact) mass is 297 g/mol. The smallest absolute Gasteiger partial charge is 0.121 e. The summed E-state index contributed by atoms with van der Waals surface area (Å²) in [5.74, 6) is 0.786. The first-order valence-electron chi connectivity index (χ1n) is 7.11. The van der Waals surface area contributed by atoms with E-state index in [0.29, 0.717) is 11.3 Å². The second kappa shape index (κ2) is 7.94. The minimum absolute atomic E-state index is 0.114. The normalized spacial score (nSPS) is 12.5. The van der Waals surface area contributed by atoms with E-state index in [4.69, 9.17) is 10.5 Å². The average Bonchev–Trinajstić information content (AvgIpc) is 2.43. The molecule has 3 N–H and O–H groups in total. The zero-order chi connectivity index (χ0) is 16.7. The molecule has 0 amide bonds. The highest BCUT2D eigenvalue weighted by atomic mass is 16.5. The quantitative estimate of drug-likeness (QED) is 0.612. The van der Waals surface area contributed by atoms with Crippen molar-refractivity contribution in [3.05, 3.63) is 59.5 Å². The SMILES string of the molecule is C=C(N)/C(C)=C\C(C#N)=C(/C)Nc1cccc(OC(C)C)c1. The first kappa shape index (κ1) is 17.4. The molecular formula is C18H23N3O. The third-order valence-electron chi connectivity index (χ3n) is 2.93. The molecule has 0 unspecified atom stereocenters. The Balaban J connectivity index is 3.01. The maximum Gasteiger partial charge on any atom is 0.121 e. The van der Waals surface area contributed by atoms with E-state index in [1.807, 2.05) is 52.0 Å². The fourth-order valence-corrected chi connectivity index (χ4v) is 1.74. The number of ether oxygens (including phenoxy) is 1. The van der Waals surface area contributed by atoms with Crippen molar-refractivity contribution in [2.75, 3.05) is 5.32 Å². The number of nitriles is 1. The summed E-state index contributed by atoms with van der Waals surface area (Å²) < 4.78 is 5.66. The molecule has 0 aliphatic rings. The van der Waals surface area contributed by atoms with Crippen LogP contribution in [0.1, 0.15) is 27.7 Å². The molecule has 1 aromatic rings. The minimum Gasteiger partial charge on any atom is -0.491 e. The van der Waals surface area contributed by atoms with Gasteiger partial charge in [-0.05, 0) is 51.5 Å². The third kappa shape index (κ3) is 5.37. The Hall–Kier alpha value is -2.67. The lowest BCUT2D eigenvalue weighted by Gasteiger charge is -2.13. The summed E-state index contributed by atoms with van der Waals surface area (Å²) in [5.41, 5.74) is 8.97. The van der Waals surface area contributed by atoms with Gasteiger partial charge in [0.25, 0.3) is 0 Å². The molecule has 0 fully saturated rings. The highest BCUT2D eigenvalue weighted by molar-refractivity contribution is 5.55. The lowest BCUT2D eigenvalue weighted by Crippen LogP contribution is -2.06.